The molecular weight excluding hydrogens is 322 g/mol. The molecule has 25 heavy (non-hydrogen) atoms. The topological polar surface area (TPSA) is 112 Å². The van der Waals surface area contributed by atoms with Crippen LogP contribution in [0.15, 0.2) is 29.1 Å². The molecule has 1 aliphatic rings. The van der Waals surface area contributed by atoms with E-state index in [4.69, 9.17) is 5.11 Å². The SMILES string of the molecule is O=C(CCCc1nc2ccccc2c(=O)[nH]1)N[C@@H]1CC[C@H](C(=O)O)C1. The first kappa shape index (κ1) is 17.1. The zero-order valence-electron chi connectivity index (χ0n) is 13.8. The van der Waals surface area contributed by atoms with Crippen molar-refractivity contribution in [3.05, 3.63) is 40.4 Å². The van der Waals surface area contributed by atoms with Crippen molar-refractivity contribution < 1.29 is 14.7 Å². The third kappa shape index (κ3) is 4.23. The summed E-state index contributed by atoms with van der Waals surface area (Å²) in [6.07, 6.45) is 3.23. The Kier molecular flexibility index (Phi) is 5.11. The molecule has 0 spiro atoms. The molecule has 0 bridgehead atoms. The highest BCUT2D eigenvalue weighted by atomic mass is 16.4. The predicted octanol–water partition coefficient (Wildman–Crippen LogP) is 1.62. The number of aryl methyl sites for hydroxylation is 1. The van der Waals surface area contributed by atoms with Crippen molar-refractivity contribution in [2.24, 2.45) is 5.92 Å². The van der Waals surface area contributed by atoms with Crippen molar-refractivity contribution in [3.8, 4) is 0 Å². The number of aliphatic carboxylic acids is 1. The van der Waals surface area contributed by atoms with Crippen molar-refractivity contribution in [2.75, 3.05) is 0 Å². The van der Waals surface area contributed by atoms with Crippen LogP contribution in [0.4, 0.5) is 0 Å². The van der Waals surface area contributed by atoms with Crippen LogP contribution in [-0.4, -0.2) is 33.0 Å². The molecule has 1 heterocycles. The predicted molar refractivity (Wildman–Crippen MR) is 92.2 cm³/mol. The number of carbonyl (C=O) groups excluding carboxylic acids is 1. The van der Waals surface area contributed by atoms with Crippen LogP contribution in [0.25, 0.3) is 10.9 Å². The summed E-state index contributed by atoms with van der Waals surface area (Å²) in [6, 6.07) is 7.09. The molecule has 3 rings (SSSR count). The van der Waals surface area contributed by atoms with Gasteiger partial charge in [-0.1, -0.05) is 12.1 Å². The Hall–Kier alpha value is -2.70. The van der Waals surface area contributed by atoms with E-state index in [-0.39, 0.29) is 23.4 Å². The summed E-state index contributed by atoms with van der Waals surface area (Å²) in [4.78, 5) is 42.1. The lowest BCUT2D eigenvalue weighted by atomic mass is 10.1. The molecule has 0 saturated heterocycles. The fraction of sp³-hybridized carbons (Fsp3) is 0.444. The van der Waals surface area contributed by atoms with Gasteiger partial charge in [0.2, 0.25) is 5.91 Å². The maximum atomic E-state index is 12.0. The number of amides is 1. The van der Waals surface area contributed by atoms with Crippen LogP contribution in [0.5, 0.6) is 0 Å². The van der Waals surface area contributed by atoms with Crippen LogP contribution < -0.4 is 10.9 Å². The van der Waals surface area contributed by atoms with Crippen molar-refractivity contribution in [1.82, 2.24) is 15.3 Å². The lowest BCUT2D eigenvalue weighted by molar-refractivity contribution is -0.141. The third-order valence-corrected chi connectivity index (χ3v) is 4.63. The summed E-state index contributed by atoms with van der Waals surface area (Å²) in [5.74, 6) is -0.650. The Labute approximate surface area is 144 Å². The number of aromatic nitrogens is 2. The molecule has 3 N–H and O–H groups in total. The molecule has 7 nitrogen and oxygen atoms in total. The number of hydrogen-bond donors (Lipinski definition) is 3. The lowest BCUT2D eigenvalue weighted by Crippen LogP contribution is -2.33. The van der Waals surface area contributed by atoms with Gasteiger partial charge in [0, 0.05) is 18.9 Å². The number of nitrogens with one attached hydrogen (secondary N) is 2. The summed E-state index contributed by atoms with van der Waals surface area (Å²) in [5.41, 5.74) is 0.479. The Morgan fingerprint density at radius 3 is 2.84 bits per heavy atom. The van der Waals surface area contributed by atoms with Gasteiger partial charge in [0.15, 0.2) is 0 Å². The van der Waals surface area contributed by atoms with Crippen LogP contribution in [0, 0.1) is 5.92 Å². The number of carboxylic acid groups (broad SMARTS) is 1. The number of rotatable bonds is 6. The molecule has 7 heteroatoms. The maximum Gasteiger partial charge on any atom is 0.306 e. The molecule has 2 atom stereocenters. The standard InChI is InChI=1S/C18H21N3O4/c22-16(19-12-9-8-11(10-12)18(24)25)7-3-6-15-20-14-5-2-1-4-13(14)17(23)21-15/h1-2,4-5,11-12H,3,6-10H2,(H,19,22)(H,24,25)(H,20,21,23)/t11-,12+/m0/s1. The quantitative estimate of drug-likeness (QED) is 0.738. The second kappa shape index (κ2) is 7.46. The first-order chi connectivity index (χ1) is 12.0. The van der Waals surface area contributed by atoms with Gasteiger partial charge in [-0.15, -0.1) is 0 Å². The zero-order chi connectivity index (χ0) is 17.8. The number of H-pyrrole nitrogens is 1. The van der Waals surface area contributed by atoms with E-state index in [0.29, 0.717) is 55.3 Å². The van der Waals surface area contributed by atoms with E-state index in [2.05, 4.69) is 15.3 Å². The molecule has 1 amide bonds. The largest absolute Gasteiger partial charge is 0.481 e. The van der Waals surface area contributed by atoms with Gasteiger partial charge in [-0.3, -0.25) is 14.4 Å². The highest BCUT2D eigenvalue weighted by Crippen LogP contribution is 2.25. The maximum absolute atomic E-state index is 12.0. The summed E-state index contributed by atoms with van der Waals surface area (Å²) in [5, 5.41) is 12.4. The second-order valence-electron chi connectivity index (χ2n) is 6.50. The second-order valence-corrected chi connectivity index (χ2v) is 6.50. The van der Waals surface area contributed by atoms with Crippen LogP contribution in [0.3, 0.4) is 0 Å². The normalized spacial score (nSPS) is 19.8. The molecule has 1 aliphatic carbocycles. The monoisotopic (exact) mass is 343 g/mol. The van der Waals surface area contributed by atoms with Gasteiger partial charge >= 0.3 is 5.97 Å². The summed E-state index contributed by atoms with van der Waals surface area (Å²) in [6.45, 7) is 0. The molecule has 1 aromatic carbocycles. The van der Waals surface area contributed by atoms with E-state index >= 15 is 0 Å². The number of carbonyl (C=O) groups is 2. The molecule has 1 fully saturated rings. The minimum Gasteiger partial charge on any atom is -0.481 e. The van der Waals surface area contributed by atoms with Crippen LogP contribution >= 0.6 is 0 Å². The molecule has 2 aromatic rings. The first-order valence-electron chi connectivity index (χ1n) is 8.53. The minimum absolute atomic E-state index is 0.0489. The van der Waals surface area contributed by atoms with Gasteiger partial charge < -0.3 is 15.4 Å². The van der Waals surface area contributed by atoms with Gasteiger partial charge in [-0.05, 0) is 37.8 Å². The van der Waals surface area contributed by atoms with E-state index in [1.807, 2.05) is 6.07 Å². The zero-order valence-corrected chi connectivity index (χ0v) is 13.8. The molecule has 1 saturated carbocycles. The number of nitrogens with zero attached hydrogens (tertiary/aromatic N) is 1. The number of benzene rings is 1. The van der Waals surface area contributed by atoms with Gasteiger partial charge in [0.1, 0.15) is 5.82 Å². The van der Waals surface area contributed by atoms with E-state index in [9.17, 15) is 14.4 Å². The van der Waals surface area contributed by atoms with Crippen LogP contribution in [0.1, 0.15) is 37.9 Å². The van der Waals surface area contributed by atoms with Gasteiger partial charge in [0.05, 0.1) is 16.8 Å². The van der Waals surface area contributed by atoms with Crippen molar-refractivity contribution in [1.29, 1.82) is 0 Å². The third-order valence-electron chi connectivity index (χ3n) is 4.63. The van der Waals surface area contributed by atoms with Gasteiger partial charge in [-0.2, -0.15) is 0 Å². The molecule has 0 radical (unpaired) electrons. The van der Waals surface area contributed by atoms with Crippen LogP contribution in [-0.2, 0) is 16.0 Å². The first-order valence-corrected chi connectivity index (χ1v) is 8.53. The smallest absolute Gasteiger partial charge is 0.306 e. The van der Waals surface area contributed by atoms with Gasteiger partial charge in [-0.25, -0.2) is 4.98 Å². The van der Waals surface area contributed by atoms with Crippen LogP contribution in [0.2, 0.25) is 0 Å². The minimum atomic E-state index is -0.789. The molecule has 0 unspecified atom stereocenters. The van der Waals surface area contributed by atoms with E-state index in [0.717, 1.165) is 0 Å². The highest BCUT2D eigenvalue weighted by Gasteiger charge is 2.30. The van der Waals surface area contributed by atoms with Gasteiger partial charge in [0.25, 0.3) is 5.56 Å². The van der Waals surface area contributed by atoms with Crippen molar-refractivity contribution in [2.45, 2.75) is 44.6 Å². The average Bonchev–Trinajstić information content (AvgIpc) is 3.03. The molecule has 1 aromatic heterocycles. The lowest BCUT2D eigenvalue weighted by Gasteiger charge is -2.12. The Morgan fingerprint density at radius 1 is 1.28 bits per heavy atom. The summed E-state index contributed by atoms with van der Waals surface area (Å²) in [7, 11) is 0. The summed E-state index contributed by atoms with van der Waals surface area (Å²) >= 11 is 0. The fourth-order valence-corrected chi connectivity index (χ4v) is 3.31. The number of para-hydroxylation sites is 1. The van der Waals surface area contributed by atoms with E-state index < -0.39 is 5.97 Å². The molecule has 132 valence electrons. The van der Waals surface area contributed by atoms with E-state index in [1.54, 1.807) is 18.2 Å². The average molecular weight is 343 g/mol. The fourth-order valence-electron chi connectivity index (χ4n) is 3.31. The number of fused-ring (bicyclic) bond motifs is 1. The summed E-state index contributed by atoms with van der Waals surface area (Å²) < 4.78 is 0. The number of aromatic amines is 1. The highest BCUT2D eigenvalue weighted by molar-refractivity contribution is 5.77. The Balaban J connectivity index is 1.49. The molecular formula is C18H21N3O4. The Bertz CT molecular complexity index is 846. The Morgan fingerprint density at radius 2 is 2.08 bits per heavy atom. The van der Waals surface area contributed by atoms with Crippen molar-refractivity contribution in [3.63, 3.8) is 0 Å². The number of hydrogen-bond acceptors (Lipinski definition) is 4. The van der Waals surface area contributed by atoms with E-state index in [1.165, 1.54) is 0 Å². The molecule has 0 aliphatic heterocycles. The number of carboxylic acids is 1. The van der Waals surface area contributed by atoms with Crippen molar-refractivity contribution >= 4 is 22.8 Å².